The molecule has 1 aromatic carbocycles. The van der Waals surface area contributed by atoms with E-state index in [-0.39, 0.29) is 11.1 Å². The number of ether oxygens (including phenoxy) is 1. The fraction of sp³-hybridized carbons (Fsp3) is 0.0588. The molecule has 3 rings (SSSR count). The highest BCUT2D eigenvalue weighted by molar-refractivity contribution is 6.21. The monoisotopic (exact) mass is 348 g/mol. The first kappa shape index (κ1) is 16.6. The molecule has 0 saturated heterocycles. The van der Waals surface area contributed by atoms with Gasteiger partial charge in [0.2, 0.25) is 0 Å². The first-order valence-electron chi connectivity index (χ1n) is 7.07. The Bertz CT molecular complexity index is 944. The fourth-order valence-electron chi connectivity index (χ4n) is 2.36. The van der Waals surface area contributed by atoms with E-state index in [1.54, 1.807) is 24.5 Å². The summed E-state index contributed by atoms with van der Waals surface area (Å²) in [5.74, 6) is -1.62. The van der Waals surface area contributed by atoms with Crippen LogP contribution in [0.4, 0.5) is 13.2 Å². The number of alkyl halides is 3. The standard InChI is InChI=1S/C17H11F3N2O3/c18-17(19,20)25-12-5-3-10(4-6-12)14(16(23)24)8-11-9-22-15-13(11)2-1-7-21-15/h1-9H,(H,21,22)(H,23,24)/b14-8+. The second-order valence-corrected chi connectivity index (χ2v) is 5.08. The molecule has 0 atom stereocenters. The van der Waals surface area contributed by atoms with Gasteiger partial charge in [-0.1, -0.05) is 12.1 Å². The van der Waals surface area contributed by atoms with Gasteiger partial charge in [0.15, 0.2) is 0 Å². The van der Waals surface area contributed by atoms with Crippen LogP contribution in [0.1, 0.15) is 11.1 Å². The van der Waals surface area contributed by atoms with E-state index in [1.165, 1.54) is 18.2 Å². The average molecular weight is 348 g/mol. The minimum atomic E-state index is -4.80. The number of benzene rings is 1. The normalized spacial score (nSPS) is 12.4. The zero-order chi connectivity index (χ0) is 18.0. The molecule has 0 amide bonds. The van der Waals surface area contributed by atoms with Crippen molar-refractivity contribution in [3.8, 4) is 5.75 Å². The lowest BCUT2D eigenvalue weighted by Crippen LogP contribution is -2.17. The Morgan fingerprint density at radius 3 is 2.56 bits per heavy atom. The summed E-state index contributed by atoms with van der Waals surface area (Å²) in [6.07, 6.45) is -0.155. The smallest absolute Gasteiger partial charge is 0.478 e. The first-order chi connectivity index (χ1) is 11.8. The van der Waals surface area contributed by atoms with E-state index >= 15 is 0 Å². The van der Waals surface area contributed by atoms with Gasteiger partial charge in [-0.25, -0.2) is 9.78 Å². The maximum absolute atomic E-state index is 12.2. The number of carboxylic acids is 1. The lowest BCUT2D eigenvalue weighted by molar-refractivity contribution is -0.274. The van der Waals surface area contributed by atoms with E-state index in [2.05, 4.69) is 14.7 Å². The second kappa shape index (κ2) is 6.31. The zero-order valence-electron chi connectivity index (χ0n) is 12.5. The maximum atomic E-state index is 12.2. The van der Waals surface area contributed by atoms with Crippen LogP contribution in [0.5, 0.6) is 5.75 Å². The van der Waals surface area contributed by atoms with Crippen LogP contribution in [0.25, 0.3) is 22.7 Å². The number of hydrogen-bond acceptors (Lipinski definition) is 3. The van der Waals surface area contributed by atoms with Crippen LogP contribution < -0.4 is 4.74 Å². The molecule has 0 fully saturated rings. The molecule has 0 aliphatic heterocycles. The number of nitrogens with zero attached hydrogens (tertiary/aromatic N) is 1. The SMILES string of the molecule is O=C(O)/C(=C/c1c[nH]c2ncccc12)c1ccc(OC(F)(F)F)cc1. The molecule has 0 radical (unpaired) electrons. The molecular weight excluding hydrogens is 337 g/mol. The predicted octanol–water partition coefficient (Wildman–Crippen LogP) is 4.09. The van der Waals surface area contributed by atoms with Crippen molar-refractivity contribution < 1.29 is 27.8 Å². The molecule has 0 unspecified atom stereocenters. The van der Waals surface area contributed by atoms with Crippen molar-refractivity contribution in [2.45, 2.75) is 6.36 Å². The zero-order valence-corrected chi connectivity index (χ0v) is 12.5. The van der Waals surface area contributed by atoms with Crippen molar-refractivity contribution in [1.82, 2.24) is 9.97 Å². The third kappa shape index (κ3) is 3.79. The minimum absolute atomic E-state index is 0.0664. The average Bonchev–Trinajstić information content (AvgIpc) is 2.95. The highest BCUT2D eigenvalue weighted by Gasteiger charge is 2.31. The van der Waals surface area contributed by atoms with Crippen molar-refractivity contribution >= 4 is 28.7 Å². The van der Waals surface area contributed by atoms with E-state index in [0.717, 1.165) is 17.5 Å². The van der Waals surface area contributed by atoms with E-state index in [0.29, 0.717) is 11.2 Å². The number of rotatable bonds is 4. The number of pyridine rings is 1. The molecule has 0 aliphatic rings. The van der Waals surface area contributed by atoms with Crippen molar-refractivity contribution in [1.29, 1.82) is 0 Å². The van der Waals surface area contributed by atoms with Gasteiger partial charge in [0.05, 0.1) is 5.57 Å². The number of fused-ring (bicyclic) bond motifs is 1. The van der Waals surface area contributed by atoms with Gasteiger partial charge in [-0.15, -0.1) is 13.2 Å². The number of halogens is 3. The summed E-state index contributed by atoms with van der Waals surface area (Å²) in [6, 6.07) is 8.15. The molecule has 0 bridgehead atoms. The number of aromatic nitrogens is 2. The largest absolute Gasteiger partial charge is 0.573 e. The molecule has 2 aromatic heterocycles. The second-order valence-electron chi connectivity index (χ2n) is 5.08. The number of H-pyrrole nitrogens is 1. The van der Waals surface area contributed by atoms with E-state index in [1.807, 2.05) is 0 Å². The molecule has 0 saturated carbocycles. The molecule has 25 heavy (non-hydrogen) atoms. The third-order valence-electron chi connectivity index (χ3n) is 3.41. The number of carboxylic acid groups (broad SMARTS) is 1. The molecule has 128 valence electrons. The van der Waals surface area contributed by atoms with Crippen molar-refractivity contribution in [2.24, 2.45) is 0 Å². The summed E-state index contributed by atoms with van der Waals surface area (Å²) >= 11 is 0. The Labute approximate surface area is 139 Å². The number of carbonyl (C=O) groups is 1. The van der Waals surface area contributed by atoms with Crippen molar-refractivity contribution in [3.63, 3.8) is 0 Å². The van der Waals surface area contributed by atoms with E-state index in [9.17, 15) is 23.1 Å². The van der Waals surface area contributed by atoms with Gasteiger partial charge in [-0.3, -0.25) is 0 Å². The maximum Gasteiger partial charge on any atom is 0.573 e. The van der Waals surface area contributed by atoms with Gasteiger partial charge in [0.1, 0.15) is 11.4 Å². The van der Waals surface area contributed by atoms with Crippen LogP contribution >= 0.6 is 0 Å². The van der Waals surface area contributed by atoms with Crippen molar-refractivity contribution in [3.05, 3.63) is 59.9 Å². The topological polar surface area (TPSA) is 75.2 Å². The summed E-state index contributed by atoms with van der Waals surface area (Å²) in [4.78, 5) is 18.6. The van der Waals surface area contributed by atoms with Crippen molar-refractivity contribution in [2.75, 3.05) is 0 Å². The molecule has 0 aliphatic carbocycles. The van der Waals surface area contributed by atoms with E-state index in [4.69, 9.17) is 0 Å². The van der Waals surface area contributed by atoms with Crippen LogP contribution in [0.3, 0.4) is 0 Å². The van der Waals surface area contributed by atoms with Gasteiger partial charge in [0.25, 0.3) is 0 Å². The van der Waals surface area contributed by atoms with Crippen LogP contribution in [-0.2, 0) is 4.79 Å². The number of aromatic amines is 1. The van der Waals surface area contributed by atoms with Crippen LogP contribution in [0.2, 0.25) is 0 Å². The Morgan fingerprint density at radius 2 is 1.92 bits per heavy atom. The molecule has 2 N–H and O–H groups in total. The molecular formula is C17H11F3N2O3. The summed E-state index contributed by atoms with van der Waals surface area (Å²) in [6.45, 7) is 0. The molecule has 3 aromatic rings. The highest BCUT2D eigenvalue weighted by atomic mass is 19.4. The summed E-state index contributed by atoms with van der Waals surface area (Å²) in [5.41, 5.74) is 1.40. The number of hydrogen-bond donors (Lipinski definition) is 2. The van der Waals surface area contributed by atoms with Gasteiger partial charge in [0, 0.05) is 23.3 Å². The number of nitrogens with one attached hydrogen (secondary N) is 1. The summed E-state index contributed by atoms with van der Waals surface area (Å²) in [7, 11) is 0. The predicted molar refractivity (Wildman–Crippen MR) is 84.7 cm³/mol. The van der Waals surface area contributed by atoms with Gasteiger partial charge >= 0.3 is 12.3 Å². The minimum Gasteiger partial charge on any atom is -0.478 e. The molecule has 8 heteroatoms. The Kier molecular flexibility index (Phi) is 4.18. The van der Waals surface area contributed by atoms with Gasteiger partial charge in [-0.2, -0.15) is 0 Å². The van der Waals surface area contributed by atoms with Crippen LogP contribution in [0.15, 0.2) is 48.8 Å². The lowest BCUT2D eigenvalue weighted by atomic mass is 10.0. The molecule has 2 heterocycles. The molecule has 5 nitrogen and oxygen atoms in total. The van der Waals surface area contributed by atoms with Gasteiger partial charge < -0.3 is 14.8 Å². The third-order valence-corrected chi connectivity index (χ3v) is 3.41. The Balaban J connectivity index is 1.97. The fourth-order valence-corrected chi connectivity index (χ4v) is 2.36. The van der Waals surface area contributed by atoms with E-state index < -0.39 is 18.1 Å². The first-order valence-corrected chi connectivity index (χ1v) is 7.07. The van der Waals surface area contributed by atoms with Crippen LogP contribution in [0, 0.1) is 0 Å². The highest BCUT2D eigenvalue weighted by Crippen LogP contribution is 2.27. The summed E-state index contributed by atoms with van der Waals surface area (Å²) < 4.78 is 40.4. The summed E-state index contributed by atoms with van der Waals surface area (Å²) in [5, 5.41) is 10.2. The molecule has 0 spiro atoms. The lowest BCUT2D eigenvalue weighted by Gasteiger charge is -2.09. The quantitative estimate of drug-likeness (QED) is 0.697. The Hall–Kier alpha value is -3.29. The van der Waals surface area contributed by atoms with Crippen LogP contribution in [-0.4, -0.2) is 27.4 Å². The Morgan fingerprint density at radius 1 is 1.20 bits per heavy atom. The number of aliphatic carboxylic acids is 1. The van der Waals surface area contributed by atoms with Gasteiger partial charge in [-0.05, 0) is 35.9 Å².